The zero-order valence-electron chi connectivity index (χ0n) is 11.9. The molecular weight excluding hydrogens is 273 g/mol. The van der Waals surface area contributed by atoms with Crippen molar-refractivity contribution in [1.29, 1.82) is 0 Å². The lowest BCUT2D eigenvalue weighted by Gasteiger charge is -2.25. The van der Waals surface area contributed by atoms with Gasteiger partial charge in [-0.1, -0.05) is 6.07 Å². The smallest absolute Gasteiger partial charge is 0.254 e. The van der Waals surface area contributed by atoms with Crippen LogP contribution in [0.25, 0.3) is 0 Å². The maximum absolute atomic E-state index is 14.1. The number of rotatable bonds is 3. The minimum atomic E-state index is -0.565. The average molecular weight is 293 g/mol. The molecule has 2 heterocycles. The highest BCUT2D eigenvalue weighted by molar-refractivity contribution is 5.97. The van der Waals surface area contributed by atoms with Gasteiger partial charge < -0.3 is 20.3 Å². The van der Waals surface area contributed by atoms with Crippen LogP contribution in [0.2, 0.25) is 0 Å². The second-order valence-corrected chi connectivity index (χ2v) is 5.38. The zero-order valence-corrected chi connectivity index (χ0v) is 11.9. The Kier molecular flexibility index (Phi) is 4.36. The van der Waals surface area contributed by atoms with Gasteiger partial charge in [0, 0.05) is 26.2 Å². The minimum Gasteiger partial charge on any atom is -0.370 e. The largest absolute Gasteiger partial charge is 0.370 e. The van der Waals surface area contributed by atoms with E-state index in [4.69, 9.17) is 4.74 Å². The van der Waals surface area contributed by atoms with E-state index in [0.29, 0.717) is 13.2 Å². The van der Waals surface area contributed by atoms with E-state index in [1.807, 2.05) is 6.07 Å². The van der Waals surface area contributed by atoms with Gasteiger partial charge in [0.1, 0.15) is 17.6 Å². The van der Waals surface area contributed by atoms with Crippen molar-refractivity contribution >= 4 is 17.3 Å². The lowest BCUT2D eigenvalue weighted by Crippen LogP contribution is -2.45. The van der Waals surface area contributed by atoms with Crippen LogP contribution in [-0.4, -0.2) is 44.8 Å². The standard InChI is InChI=1S/C15H20FN3O2/c16-11-4-3-5-12(19-7-1-2-8-19)14(11)18-15(20)13-10-17-6-9-21-13/h3-5,13,17H,1-2,6-10H2,(H,18,20). The molecule has 1 amide bonds. The van der Waals surface area contributed by atoms with Crippen LogP contribution in [0.1, 0.15) is 12.8 Å². The van der Waals surface area contributed by atoms with E-state index in [1.165, 1.54) is 6.07 Å². The summed E-state index contributed by atoms with van der Waals surface area (Å²) in [5.74, 6) is -0.704. The molecule has 5 nitrogen and oxygen atoms in total. The van der Waals surface area contributed by atoms with E-state index in [2.05, 4.69) is 15.5 Å². The molecule has 0 aromatic heterocycles. The first kappa shape index (κ1) is 14.3. The van der Waals surface area contributed by atoms with Crippen LogP contribution >= 0.6 is 0 Å². The van der Waals surface area contributed by atoms with Crippen LogP contribution in [0.15, 0.2) is 18.2 Å². The summed E-state index contributed by atoms with van der Waals surface area (Å²) in [4.78, 5) is 14.3. The summed E-state index contributed by atoms with van der Waals surface area (Å²) in [6.07, 6.45) is 1.63. The van der Waals surface area contributed by atoms with Crippen LogP contribution in [0.3, 0.4) is 0 Å². The summed E-state index contributed by atoms with van der Waals surface area (Å²) in [7, 11) is 0. The number of nitrogens with one attached hydrogen (secondary N) is 2. The number of morpholine rings is 1. The Bertz CT molecular complexity index is 512. The minimum absolute atomic E-state index is 0.263. The number of anilines is 2. The molecule has 2 aliphatic rings. The van der Waals surface area contributed by atoms with Gasteiger partial charge in [-0.15, -0.1) is 0 Å². The molecule has 1 aromatic rings. The van der Waals surface area contributed by atoms with Crippen molar-refractivity contribution in [3.8, 4) is 0 Å². The molecule has 6 heteroatoms. The fourth-order valence-corrected chi connectivity index (χ4v) is 2.80. The number of nitrogens with zero attached hydrogens (tertiary/aromatic N) is 1. The second-order valence-electron chi connectivity index (χ2n) is 5.38. The maximum Gasteiger partial charge on any atom is 0.254 e. The molecule has 2 aliphatic heterocycles. The summed E-state index contributed by atoms with van der Waals surface area (Å²) in [6, 6.07) is 4.90. The molecule has 0 bridgehead atoms. The van der Waals surface area contributed by atoms with Gasteiger partial charge in [-0.3, -0.25) is 4.79 Å². The first-order valence-electron chi connectivity index (χ1n) is 7.42. The number of hydrogen-bond donors (Lipinski definition) is 2. The quantitative estimate of drug-likeness (QED) is 0.883. The van der Waals surface area contributed by atoms with Crippen LogP contribution in [-0.2, 0) is 9.53 Å². The van der Waals surface area contributed by atoms with Crippen molar-refractivity contribution in [3.05, 3.63) is 24.0 Å². The summed E-state index contributed by atoms with van der Waals surface area (Å²) in [5.41, 5.74) is 1.02. The summed E-state index contributed by atoms with van der Waals surface area (Å²) >= 11 is 0. The molecule has 2 fully saturated rings. The first-order valence-corrected chi connectivity index (χ1v) is 7.42. The molecule has 1 aromatic carbocycles. The molecule has 2 N–H and O–H groups in total. The van der Waals surface area contributed by atoms with E-state index in [9.17, 15) is 9.18 Å². The van der Waals surface area contributed by atoms with Crippen LogP contribution < -0.4 is 15.5 Å². The van der Waals surface area contributed by atoms with E-state index >= 15 is 0 Å². The van der Waals surface area contributed by atoms with Crippen molar-refractivity contribution in [1.82, 2.24) is 5.32 Å². The number of para-hydroxylation sites is 1. The number of benzene rings is 1. The van der Waals surface area contributed by atoms with Crippen molar-refractivity contribution in [2.45, 2.75) is 18.9 Å². The molecule has 0 aliphatic carbocycles. The lowest BCUT2D eigenvalue weighted by atomic mass is 10.2. The van der Waals surface area contributed by atoms with Gasteiger partial charge >= 0.3 is 0 Å². The van der Waals surface area contributed by atoms with Gasteiger partial charge in [0.25, 0.3) is 5.91 Å². The maximum atomic E-state index is 14.1. The number of carbonyl (C=O) groups is 1. The SMILES string of the molecule is O=C(Nc1c(F)cccc1N1CCCC1)C1CNCCO1. The highest BCUT2D eigenvalue weighted by atomic mass is 19.1. The van der Waals surface area contributed by atoms with Crippen molar-refractivity contribution < 1.29 is 13.9 Å². The third kappa shape index (κ3) is 3.16. The molecule has 0 radical (unpaired) electrons. The van der Waals surface area contributed by atoms with Crippen molar-refractivity contribution in [2.24, 2.45) is 0 Å². The third-order valence-electron chi connectivity index (χ3n) is 3.91. The fraction of sp³-hybridized carbons (Fsp3) is 0.533. The Morgan fingerprint density at radius 1 is 1.38 bits per heavy atom. The molecule has 3 rings (SSSR count). The van der Waals surface area contributed by atoms with Gasteiger partial charge in [0.2, 0.25) is 0 Å². The Hall–Kier alpha value is -1.66. The summed E-state index contributed by atoms with van der Waals surface area (Å²) in [5, 5.41) is 5.80. The molecule has 0 spiro atoms. The van der Waals surface area contributed by atoms with Crippen LogP contribution in [0, 0.1) is 5.82 Å². The first-order chi connectivity index (χ1) is 10.3. The number of amides is 1. The molecule has 114 valence electrons. The monoisotopic (exact) mass is 293 g/mol. The Morgan fingerprint density at radius 2 is 2.19 bits per heavy atom. The number of carbonyl (C=O) groups excluding carboxylic acids is 1. The zero-order chi connectivity index (χ0) is 14.7. The summed E-state index contributed by atoms with van der Waals surface area (Å²) in [6.45, 7) is 3.48. The predicted molar refractivity (Wildman–Crippen MR) is 79.1 cm³/mol. The molecule has 21 heavy (non-hydrogen) atoms. The number of ether oxygens (including phenoxy) is 1. The van der Waals surface area contributed by atoms with Crippen molar-refractivity contribution in [3.63, 3.8) is 0 Å². The van der Waals surface area contributed by atoms with E-state index in [1.54, 1.807) is 6.07 Å². The van der Waals surface area contributed by atoms with E-state index in [-0.39, 0.29) is 11.6 Å². The average Bonchev–Trinajstić information content (AvgIpc) is 3.04. The van der Waals surface area contributed by atoms with Gasteiger partial charge in [-0.2, -0.15) is 0 Å². The Morgan fingerprint density at radius 3 is 2.90 bits per heavy atom. The van der Waals surface area contributed by atoms with Crippen LogP contribution in [0.5, 0.6) is 0 Å². The number of hydrogen-bond acceptors (Lipinski definition) is 4. The number of halogens is 1. The Balaban J connectivity index is 1.78. The van der Waals surface area contributed by atoms with Gasteiger partial charge in [0.15, 0.2) is 0 Å². The molecule has 0 saturated carbocycles. The summed E-state index contributed by atoms with van der Waals surface area (Å²) < 4.78 is 19.5. The lowest BCUT2D eigenvalue weighted by molar-refractivity contribution is -0.128. The predicted octanol–water partition coefficient (Wildman–Crippen LogP) is 1.35. The van der Waals surface area contributed by atoms with E-state index < -0.39 is 11.9 Å². The van der Waals surface area contributed by atoms with E-state index in [0.717, 1.165) is 38.2 Å². The van der Waals surface area contributed by atoms with Crippen LogP contribution in [0.4, 0.5) is 15.8 Å². The topological polar surface area (TPSA) is 53.6 Å². The highest BCUT2D eigenvalue weighted by Gasteiger charge is 2.25. The third-order valence-corrected chi connectivity index (χ3v) is 3.91. The highest BCUT2D eigenvalue weighted by Crippen LogP contribution is 2.31. The van der Waals surface area contributed by atoms with Gasteiger partial charge in [-0.05, 0) is 25.0 Å². The fourth-order valence-electron chi connectivity index (χ4n) is 2.80. The Labute approximate surface area is 123 Å². The second kappa shape index (κ2) is 6.41. The van der Waals surface area contributed by atoms with Crippen molar-refractivity contribution in [2.75, 3.05) is 43.0 Å². The molecule has 2 saturated heterocycles. The molecular formula is C15H20FN3O2. The molecule has 1 unspecified atom stereocenters. The van der Waals surface area contributed by atoms with Gasteiger partial charge in [-0.25, -0.2) is 4.39 Å². The van der Waals surface area contributed by atoms with Gasteiger partial charge in [0.05, 0.1) is 12.3 Å². The normalized spacial score (nSPS) is 22.3. The molecule has 1 atom stereocenters.